The van der Waals surface area contributed by atoms with Crippen molar-refractivity contribution >= 4 is 11.9 Å². The Morgan fingerprint density at radius 3 is 2.52 bits per heavy atom. The molecule has 3 atom stereocenters. The molecule has 1 heterocycles. The minimum atomic E-state index is -0.985. The van der Waals surface area contributed by atoms with Crippen molar-refractivity contribution in [3.05, 3.63) is 83.7 Å². The summed E-state index contributed by atoms with van der Waals surface area (Å²) in [6.07, 6.45) is 3.31. The second kappa shape index (κ2) is 6.65. The predicted molar refractivity (Wildman–Crippen MR) is 98.1 cm³/mol. The van der Waals surface area contributed by atoms with E-state index in [0.717, 1.165) is 5.56 Å². The van der Waals surface area contributed by atoms with Crippen LogP contribution in [0.15, 0.2) is 66.7 Å². The lowest BCUT2D eigenvalue weighted by molar-refractivity contribution is -0.147. The van der Waals surface area contributed by atoms with Crippen molar-refractivity contribution < 1.29 is 18.7 Å². The van der Waals surface area contributed by atoms with Crippen LogP contribution in [0.25, 0.3) is 0 Å². The highest BCUT2D eigenvalue weighted by Crippen LogP contribution is 2.60. The maximum absolute atomic E-state index is 13.4. The van der Waals surface area contributed by atoms with E-state index in [1.165, 1.54) is 18.2 Å². The van der Waals surface area contributed by atoms with Crippen molar-refractivity contribution in [3.63, 3.8) is 0 Å². The predicted octanol–water partition coefficient (Wildman–Crippen LogP) is 3.22. The lowest BCUT2D eigenvalue weighted by atomic mass is 9.92. The topological polar surface area (TPSA) is 46.6 Å². The fourth-order valence-electron chi connectivity index (χ4n) is 4.18. The Labute approximate surface area is 157 Å². The van der Waals surface area contributed by atoms with Gasteiger partial charge >= 0.3 is 5.97 Å². The minimum absolute atomic E-state index is 0.131. The van der Waals surface area contributed by atoms with Gasteiger partial charge in [0, 0.05) is 12.5 Å². The Morgan fingerprint density at radius 2 is 1.85 bits per heavy atom. The van der Waals surface area contributed by atoms with Crippen LogP contribution >= 0.6 is 0 Å². The molecule has 0 N–H and O–H groups in total. The summed E-state index contributed by atoms with van der Waals surface area (Å²) in [4.78, 5) is 27.3. The van der Waals surface area contributed by atoms with E-state index in [2.05, 4.69) is 0 Å². The molecule has 1 fully saturated rings. The van der Waals surface area contributed by atoms with E-state index in [9.17, 15) is 14.0 Å². The van der Waals surface area contributed by atoms with E-state index in [1.807, 2.05) is 30.3 Å². The molecule has 4 rings (SSSR count). The first-order chi connectivity index (χ1) is 13.1. The Balaban J connectivity index is 1.75. The number of halogens is 1. The molecular weight excluding hydrogens is 345 g/mol. The zero-order chi connectivity index (χ0) is 19.0. The molecule has 2 aliphatic rings. The van der Waals surface area contributed by atoms with E-state index in [4.69, 9.17) is 4.74 Å². The fraction of sp³-hybridized carbons (Fsp3) is 0.273. The van der Waals surface area contributed by atoms with Gasteiger partial charge in [-0.25, -0.2) is 4.39 Å². The van der Waals surface area contributed by atoms with Crippen molar-refractivity contribution in [1.82, 2.24) is 4.90 Å². The first kappa shape index (κ1) is 17.5. The van der Waals surface area contributed by atoms with E-state index in [-0.39, 0.29) is 36.3 Å². The van der Waals surface area contributed by atoms with Gasteiger partial charge in [-0.1, -0.05) is 48.5 Å². The number of hydrogen-bond donors (Lipinski definition) is 0. The number of rotatable bonds is 5. The third-order valence-electron chi connectivity index (χ3n) is 5.42. The standard InChI is InChI=1S/C22H20FNO3/c1-2-27-21(26)22(16-8-10-17(23)11-9-16)18-12-13-19(25)24(20(18)22)14-15-6-4-3-5-7-15/h3-13,18,20H,2,14H2,1H3. The van der Waals surface area contributed by atoms with Crippen molar-refractivity contribution in [2.75, 3.05) is 6.61 Å². The third-order valence-corrected chi connectivity index (χ3v) is 5.42. The first-order valence-electron chi connectivity index (χ1n) is 9.05. The average molecular weight is 365 g/mol. The van der Waals surface area contributed by atoms with Crippen molar-refractivity contribution in [2.24, 2.45) is 5.92 Å². The van der Waals surface area contributed by atoms with Gasteiger partial charge in [0.2, 0.25) is 5.91 Å². The number of fused-ring (bicyclic) bond motifs is 1. The van der Waals surface area contributed by atoms with Crippen LogP contribution in [0.2, 0.25) is 0 Å². The van der Waals surface area contributed by atoms with Crippen LogP contribution < -0.4 is 0 Å². The molecule has 2 aromatic rings. The van der Waals surface area contributed by atoms with Gasteiger partial charge in [-0.15, -0.1) is 0 Å². The zero-order valence-corrected chi connectivity index (χ0v) is 15.0. The van der Waals surface area contributed by atoms with E-state index in [0.29, 0.717) is 12.1 Å². The summed E-state index contributed by atoms with van der Waals surface area (Å²) < 4.78 is 18.8. The van der Waals surface area contributed by atoms with Crippen LogP contribution in [-0.4, -0.2) is 29.4 Å². The number of benzene rings is 2. The monoisotopic (exact) mass is 365 g/mol. The summed E-state index contributed by atoms with van der Waals surface area (Å²) >= 11 is 0. The van der Waals surface area contributed by atoms with Crippen molar-refractivity contribution in [1.29, 1.82) is 0 Å². The van der Waals surface area contributed by atoms with Gasteiger partial charge in [-0.3, -0.25) is 9.59 Å². The molecule has 0 saturated heterocycles. The van der Waals surface area contributed by atoms with Crippen LogP contribution in [0.3, 0.4) is 0 Å². The number of amides is 1. The van der Waals surface area contributed by atoms with Gasteiger partial charge in [0.15, 0.2) is 0 Å². The number of hydrogen-bond acceptors (Lipinski definition) is 3. The highest BCUT2D eigenvalue weighted by molar-refractivity contribution is 5.97. The van der Waals surface area contributed by atoms with Crippen LogP contribution in [0.5, 0.6) is 0 Å². The molecule has 1 amide bonds. The van der Waals surface area contributed by atoms with Crippen LogP contribution in [-0.2, 0) is 26.3 Å². The number of ether oxygens (including phenoxy) is 1. The molecule has 1 aliphatic carbocycles. The summed E-state index contributed by atoms with van der Waals surface area (Å²) in [6.45, 7) is 2.41. The molecule has 0 spiro atoms. The van der Waals surface area contributed by atoms with Gasteiger partial charge in [-0.05, 0) is 36.3 Å². The molecule has 0 bridgehead atoms. The van der Waals surface area contributed by atoms with Gasteiger partial charge in [0.1, 0.15) is 11.2 Å². The highest BCUT2D eigenvalue weighted by Gasteiger charge is 2.74. The smallest absolute Gasteiger partial charge is 0.319 e. The maximum atomic E-state index is 13.4. The highest BCUT2D eigenvalue weighted by atomic mass is 19.1. The number of esters is 1. The molecule has 27 heavy (non-hydrogen) atoms. The van der Waals surface area contributed by atoms with Gasteiger partial charge in [-0.2, -0.15) is 0 Å². The maximum Gasteiger partial charge on any atom is 0.319 e. The second-order valence-corrected chi connectivity index (χ2v) is 6.88. The van der Waals surface area contributed by atoms with E-state index < -0.39 is 5.41 Å². The summed E-state index contributed by atoms with van der Waals surface area (Å²) in [5.41, 5.74) is 0.680. The summed E-state index contributed by atoms with van der Waals surface area (Å²) in [7, 11) is 0. The molecular formula is C22H20FNO3. The number of carbonyl (C=O) groups excluding carboxylic acids is 2. The SMILES string of the molecule is CCOC(=O)C1(c2ccc(F)cc2)C2C=CC(=O)N(Cc3ccccc3)C21. The van der Waals surface area contributed by atoms with Gasteiger partial charge < -0.3 is 9.64 Å². The average Bonchev–Trinajstić information content (AvgIpc) is 3.36. The normalized spacial score (nSPS) is 25.9. The molecule has 2 aromatic carbocycles. The lowest BCUT2D eigenvalue weighted by Crippen LogP contribution is -2.39. The Morgan fingerprint density at radius 1 is 1.15 bits per heavy atom. The van der Waals surface area contributed by atoms with Crippen LogP contribution in [0.4, 0.5) is 4.39 Å². The molecule has 3 unspecified atom stereocenters. The molecule has 1 aliphatic heterocycles. The Bertz CT molecular complexity index is 894. The number of carbonyl (C=O) groups is 2. The van der Waals surface area contributed by atoms with Crippen LogP contribution in [0.1, 0.15) is 18.1 Å². The van der Waals surface area contributed by atoms with Crippen LogP contribution in [0, 0.1) is 11.7 Å². The quantitative estimate of drug-likeness (QED) is 0.765. The van der Waals surface area contributed by atoms with Gasteiger partial charge in [0.05, 0.1) is 12.6 Å². The van der Waals surface area contributed by atoms with E-state index in [1.54, 1.807) is 30.0 Å². The summed E-state index contributed by atoms with van der Waals surface area (Å²) in [5.74, 6) is -1.05. The molecule has 4 nitrogen and oxygen atoms in total. The van der Waals surface area contributed by atoms with Crippen molar-refractivity contribution in [3.8, 4) is 0 Å². The zero-order valence-electron chi connectivity index (χ0n) is 15.0. The number of nitrogens with zero attached hydrogens (tertiary/aromatic N) is 1. The van der Waals surface area contributed by atoms with Crippen molar-refractivity contribution in [2.45, 2.75) is 24.9 Å². The molecule has 5 heteroatoms. The van der Waals surface area contributed by atoms with Gasteiger partial charge in [0.25, 0.3) is 0 Å². The fourth-order valence-corrected chi connectivity index (χ4v) is 4.18. The molecule has 0 aromatic heterocycles. The largest absolute Gasteiger partial charge is 0.465 e. The summed E-state index contributed by atoms with van der Waals surface area (Å²) in [5, 5.41) is 0. The Hall–Kier alpha value is -2.95. The molecule has 1 saturated carbocycles. The lowest BCUT2D eigenvalue weighted by Gasteiger charge is -2.26. The molecule has 138 valence electrons. The Kier molecular flexibility index (Phi) is 4.30. The first-order valence-corrected chi connectivity index (χ1v) is 9.05. The summed E-state index contributed by atoms with van der Waals surface area (Å²) in [6, 6.07) is 15.2. The molecule has 0 radical (unpaired) electrons. The second-order valence-electron chi connectivity index (χ2n) is 6.88. The minimum Gasteiger partial charge on any atom is -0.465 e. The third kappa shape index (κ3) is 2.74. The van der Waals surface area contributed by atoms with E-state index >= 15 is 0 Å².